The fourth-order valence-corrected chi connectivity index (χ4v) is 1.93. The Balaban J connectivity index is 1.82. The smallest absolute Gasteiger partial charge is 0.140 e. The molecule has 0 saturated heterocycles. The molecule has 0 aromatic heterocycles. The highest BCUT2D eigenvalue weighted by atomic mass is 19.1. The van der Waals surface area contributed by atoms with Crippen LogP contribution in [0.3, 0.4) is 0 Å². The lowest BCUT2D eigenvalue weighted by Gasteiger charge is -2.07. The molecule has 0 aliphatic rings. The van der Waals surface area contributed by atoms with Crippen LogP contribution in [0.15, 0.2) is 48.5 Å². The lowest BCUT2D eigenvalue weighted by Crippen LogP contribution is -2.09. The minimum absolute atomic E-state index is 0.0506. The topological polar surface area (TPSA) is 26.3 Å². The van der Waals surface area contributed by atoms with Gasteiger partial charge in [0.25, 0.3) is 0 Å². The van der Waals surface area contributed by atoms with Crippen molar-refractivity contribution >= 4 is 5.78 Å². The Morgan fingerprint density at radius 3 is 2.65 bits per heavy atom. The molecule has 0 saturated carbocycles. The van der Waals surface area contributed by atoms with E-state index in [1.165, 1.54) is 12.1 Å². The van der Waals surface area contributed by atoms with Crippen LogP contribution >= 0.6 is 0 Å². The van der Waals surface area contributed by atoms with Crippen molar-refractivity contribution in [3.05, 3.63) is 65.5 Å². The van der Waals surface area contributed by atoms with Crippen LogP contribution in [0.2, 0.25) is 0 Å². The fourth-order valence-electron chi connectivity index (χ4n) is 1.93. The lowest BCUT2D eigenvalue weighted by atomic mass is 10.0. The summed E-state index contributed by atoms with van der Waals surface area (Å²) in [6.45, 7) is 2.22. The predicted octanol–water partition coefficient (Wildman–Crippen LogP) is 3.71. The first-order chi connectivity index (χ1) is 9.65. The lowest BCUT2D eigenvalue weighted by molar-refractivity contribution is -0.118. The Hall–Kier alpha value is -2.16. The second-order valence-corrected chi connectivity index (χ2v) is 4.70. The van der Waals surface area contributed by atoms with E-state index in [2.05, 4.69) is 0 Å². The second kappa shape index (κ2) is 6.85. The molecule has 2 nitrogen and oxygen atoms in total. The number of ether oxygens (including phenoxy) is 1. The number of ketones is 1. The number of rotatable bonds is 6. The zero-order valence-electron chi connectivity index (χ0n) is 11.4. The van der Waals surface area contributed by atoms with Gasteiger partial charge < -0.3 is 4.74 Å². The minimum Gasteiger partial charge on any atom is -0.493 e. The van der Waals surface area contributed by atoms with Gasteiger partial charge in [-0.3, -0.25) is 4.79 Å². The molecule has 0 bridgehead atoms. The third-order valence-corrected chi connectivity index (χ3v) is 3.09. The van der Waals surface area contributed by atoms with Gasteiger partial charge in [0, 0.05) is 12.8 Å². The van der Waals surface area contributed by atoms with Gasteiger partial charge >= 0.3 is 0 Å². The van der Waals surface area contributed by atoms with Crippen LogP contribution in [-0.2, 0) is 11.2 Å². The molecule has 0 atom stereocenters. The molecule has 0 N–H and O–H groups in total. The van der Waals surface area contributed by atoms with Crippen LogP contribution in [0.25, 0.3) is 0 Å². The molecule has 2 aromatic rings. The van der Waals surface area contributed by atoms with Crippen molar-refractivity contribution in [3.8, 4) is 5.75 Å². The van der Waals surface area contributed by atoms with E-state index < -0.39 is 0 Å². The molecule has 2 aromatic carbocycles. The van der Waals surface area contributed by atoms with Crippen molar-refractivity contribution in [1.29, 1.82) is 0 Å². The van der Waals surface area contributed by atoms with Crippen LogP contribution in [-0.4, -0.2) is 12.4 Å². The quantitative estimate of drug-likeness (QED) is 0.801. The number of halogens is 1. The monoisotopic (exact) mass is 272 g/mol. The van der Waals surface area contributed by atoms with E-state index in [1.807, 2.05) is 37.3 Å². The molecule has 0 amide bonds. The van der Waals surface area contributed by atoms with Crippen molar-refractivity contribution in [3.63, 3.8) is 0 Å². The molecule has 104 valence electrons. The van der Waals surface area contributed by atoms with Crippen molar-refractivity contribution in [2.75, 3.05) is 6.61 Å². The third-order valence-electron chi connectivity index (χ3n) is 3.09. The van der Waals surface area contributed by atoms with Crippen LogP contribution < -0.4 is 4.74 Å². The van der Waals surface area contributed by atoms with Crippen molar-refractivity contribution in [1.82, 2.24) is 0 Å². The van der Waals surface area contributed by atoms with Crippen LogP contribution in [0.4, 0.5) is 4.39 Å². The molecule has 3 heteroatoms. The van der Waals surface area contributed by atoms with E-state index in [1.54, 1.807) is 6.07 Å². The van der Waals surface area contributed by atoms with Crippen LogP contribution in [0.5, 0.6) is 5.75 Å². The Kier molecular flexibility index (Phi) is 4.88. The molecular weight excluding hydrogens is 255 g/mol. The number of Topliss-reactive ketones (excluding diaryl/α,β-unsaturated/α-hetero) is 1. The summed E-state index contributed by atoms with van der Waals surface area (Å²) in [5.74, 6) is 0.496. The van der Waals surface area contributed by atoms with Gasteiger partial charge in [-0.25, -0.2) is 4.39 Å². The number of benzene rings is 2. The fraction of sp³-hybridized carbons (Fsp3) is 0.235. The SMILES string of the molecule is Cc1ccc(F)cc1CC(=O)CCOc1ccccc1. The van der Waals surface area contributed by atoms with Gasteiger partial charge in [0.15, 0.2) is 0 Å². The first-order valence-corrected chi connectivity index (χ1v) is 6.60. The van der Waals surface area contributed by atoms with Crippen molar-refractivity contribution < 1.29 is 13.9 Å². The van der Waals surface area contributed by atoms with Gasteiger partial charge in [0.1, 0.15) is 17.3 Å². The summed E-state index contributed by atoms with van der Waals surface area (Å²) in [7, 11) is 0. The Morgan fingerprint density at radius 2 is 1.90 bits per heavy atom. The van der Waals surface area contributed by atoms with Crippen molar-refractivity contribution in [2.45, 2.75) is 19.8 Å². The maximum absolute atomic E-state index is 13.1. The molecular formula is C17H17FO2. The maximum Gasteiger partial charge on any atom is 0.140 e. The summed E-state index contributed by atoms with van der Waals surface area (Å²) >= 11 is 0. The molecule has 2 rings (SSSR count). The maximum atomic E-state index is 13.1. The molecule has 0 radical (unpaired) electrons. The Morgan fingerprint density at radius 1 is 1.15 bits per heavy atom. The average molecular weight is 272 g/mol. The molecule has 0 aliphatic carbocycles. The summed E-state index contributed by atoms with van der Waals surface area (Å²) in [5, 5.41) is 0. The summed E-state index contributed by atoms with van der Waals surface area (Å²) < 4.78 is 18.6. The summed E-state index contributed by atoms with van der Waals surface area (Å²) in [6.07, 6.45) is 0.576. The zero-order chi connectivity index (χ0) is 14.4. The Bertz CT molecular complexity index is 579. The Labute approximate surface area is 118 Å². The van der Waals surface area contributed by atoms with E-state index in [9.17, 15) is 9.18 Å². The van der Waals surface area contributed by atoms with E-state index in [0.29, 0.717) is 13.0 Å². The zero-order valence-corrected chi connectivity index (χ0v) is 11.4. The molecule has 20 heavy (non-hydrogen) atoms. The number of hydrogen-bond donors (Lipinski definition) is 0. The number of para-hydroxylation sites is 1. The molecule has 0 fully saturated rings. The highest BCUT2D eigenvalue weighted by Crippen LogP contribution is 2.13. The number of carbonyl (C=O) groups is 1. The average Bonchev–Trinajstić information content (AvgIpc) is 2.44. The first kappa shape index (κ1) is 14.3. The predicted molar refractivity (Wildman–Crippen MR) is 76.4 cm³/mol. The first-order valence-electron chi connectivity index (χ1n) is 6.60. The number of aryl methyl sites for hydroxylation is 1. The van der Waals surface area contributed by atoms with Gasteiger partial charge in [-0.05, 0) is 42.3 Å². The molecule has 0 spiro atoms. The molecule has 0 heterocycles. The second-order valence-electron chi connectivity index (χ2n) is 4.70. The van der Waals surface area contributed by atoms with E-state index in [0.717, 1.165) is 16.9 Å². The number of carbonyl (C=O) groups excluding carboxylic acids is 1. The van der Waals surface area contributed by atoms with Gasteiger partial charge in [-0.15, -0.1) is 0 Å². The summed E-state index contributed by atoms with van der Waals surface area (Å²) in [4.78, 5) is 11.9. The normalized spacial score (nSPS) is 10.3. The third kappa shape index (κ3) is 4.19. The van der Waals surface area contributed by atoms with Gasteiger partial charge in [-0.2, -0.15) is 0 Å². The van der Waals surface area contributed by atoms with Crippen LogP contribution in [0, 0.1) is 12.7 Å². The molecule has 0 aliphatic heterocycles. The highest BCUT2D eigenvalue weighted by molar-refractivity contribution is 5.81. The molecule has 0 unspecified atom stereocenters. The summed E-state index contributed by atoms with van der Waals surface area (Å²) in [6, 6.07) is 13.9. The van der Waals surface area contributed by atoms with E-state index in [-0.39, 0.29) is 18.0 Å². The van der Waals surface area contributed by atoms with E-state index in [4.69, 9.17) is 4.74 Å². The summed E-state index contributed by atoms with van der Waals surface area (Å²) in [5.41, 5.74) is 1.68. The van der Waals surface area contributed by atoms with E-state index >= 15 is 0 Å². The van der Waals surface area contributed by atoms with Crippen molar-refractivity contribution in [2.24, 2.45) is 0 Å². The van der Waals surface area contributed by atoms with Crippen LogP contribution in [0.1, 0.15) is 17.5 Å². The van der Waals surface area contributed by atoms with Gasteiger partial charge in [-0.1, -0.05) is 24.3 Å². The minimum atomic E-state index is -0.307. The number of hydrogen-bond acceptors (Lipinski definition) is 2. The largest absolute Gasteiger partial charge is 0.493 e. The highest BCUT2D eigenvalue weighted by Gasteiger charge is 2.07. The van der Waals surface area contributed by atoms with Gasteiger partial charge in [0.2, 0.25) is 0 Å². The van der Waals surface area contributed by atoms with Gasteiger partial charge in [0.05, 0.1) is 6.61 Å². The standard InChI is InChI=1S/C17H17FO2/c1-13-7-8-15(18)11-14(13)12-16(19)9-10-20-17-5-3-2-4-6-17/h2-8,11H,9-10,12H2,1H3.